The summed E-state index contributed by atoms with van der Waals surface area (Å²) in [5.74, 6) is 0.0410. The summed E-state index contributed by atoms with van der Waals surface area (Å²) in [7, 11) is 0. The van der Waals surface area contributed by atoms with Gasteiger partial charge in [-0.2, -0.15) is 0 Å². The molecule has 1 fully saturated rings. The van der Waals surface area contributed by atoms with E-state index in [2.05, 4.69) is 5.32 Å². The third-order valence-corrected chi connectivity index (χ3v) is 3.07. The standard InChI is InChI=1S/C13H24N2O3/c1-6-9(2)10-11(16)14-7-8-15(10)12(17)18-13(3,4)5/h9-10H,6-8H2,1-5H3,(H,14,16)/t9?,10-/m0/s1. The minimum Gasteiger partial charge on any atom is -0.444 e. The number of piperazine rings is 1. The number of rotatable bonds is 2. The molecule has 2 amide bonds. The number of nitrogens with one attached hydrogen (secondary N) is 1. The first-order valence-electron chi connectivity index (χ1n) is 6.53. The lowest BCUT2D eigenvalue weighted by Crippen LogP contribution is -2.60. The number of amides is 2. The Balaban J connectivity index is 2.82. The second kappa shape index (κ2) is 5.59. The molecule has 0 aliphatic carbocycles. The molecule has 0 radical (unpaired) electrons. The summed E-state index contributed by atoms with van der Waals surface area (Å²) in [6.45, 7) is 10.5. The van der Waals surface area contributed by atoms with Gasteiger partial charge in [0, 0.05) is 13.1 Å². The maximum absolute atomic E-state index is 12.1. The molecule has 0 aromatic carbocycles. The second-order valence-corrected chi connectivity index (χ2v) is 5.80. The first-order chi connectivity index (χ1) is 8.26. The highest BCUT2D eigenvalue weighted by atomic mass is 16.6. The summed E-state index contributed by atoms with van der Waals surface area (Å²) in [5.41, 5.74) is -0.537. The van der Waals surface area contributed by atoms with E-state index < -0.39 is 17.7 Å². The van der Waals surface area contributed by atoms with E-state index >= 15 is 0 Å². The molecule has 1 unspecified atom stereocenters. The lowest BCUT2D eigenvalue weighted by atomic mass is 9.95. The zero-order valence-corrected chi connectivity index (χ0v) is 11.9. The van der Waals surface area contributed by atoms with Gasteiger partial charge in [-0.05, 0) is 26.7 Å². The predicted molar refractivity (Wildman–Crippen MR) is 69.2 cm³/mol. The Kier molecular flexibility index (Phi) is 4.59. The number of hydrogen-bond donors (Lipinski definition) is 1. The molecule has 1 aliphatic heterocycles. The number of hydrogen-bond acceptors (Lipinski definition) is 3. The summed E-state index contributed by atoms with van der Waals surface area (Å²) in [5, 5.41) is 2.81. The van der Waals surface area contributed by atoms with Gasteiger partial charge in [-0.15, -0.1) is 0 Å². The number of carbonyl (C=O) groups is 2. The van der Waals surface area contributed by atoms with Gasteiger partial charge in [0.15, 0.2) is 0 Å². The Morgan fingerprint density at radius 2 is 2.17 bits per heavy atom. The molecule has 0 saturated carbocycles. The fourth-order valence-electron chi connectivity index (χ4n) is 2.00. The van der Waals surface area contributed by atoms with Crippen LogP contribution in [0, 0.1) is 5.92 Å². The fraction of sp³-hybridized carbons (Fsp3) is 0.846. The molecule has 18 heavy (non-hydrogen) atoms. The number of carbonyl (C=O) groups excluding carboxylic acids is 2. The summed E-state index contributed by atoms with van der Waals surface area (Å²) in [4.78, 5) is 25.6. The Morgan fingerprint density at radius 1 is 1.56 bits per heavy atom. The lowest BCUT2D eigenvalue weighted by Gasteiger charge is -2.38. The van der Waals surface area contributed by atoms with Crippen molar-refractivity contribution in [1.82, 2.24) is 10.2 Å². The van der Waals surface area contributed by atoms with Crippen LogP contribution in [0.25, 0.3) is 0 Å². The maximum Gasteiger partial charge on any atom is 0.411 e. The molecule has 5 nitrogen and oxygen atoms in total. The fourth-order valence-corrected chi connectivity index (χ4v) is 2.00. The van der Waals surface area contributed by atoms with Crippen molar-refractivity contribution in [3.8, 4) is 0 Å². The van der Waals surface area contributed by atoms with E-state index in [4.69, 9.17) is 4.74 Å². The van der Waals surface area contributed by atoms with Gasteiger partial charge in [-0.1, -0.05) is 20.3 Å². The highest BCUT2D eigenvalue weighted by Crippen LogP contribution is 2.20. The molecule has 2 atom stereocenters. The van der Waals surface area contributed by atoms with E-state index in [-0.39, 0.29) is 11.8 Å². The molecular formula is C13H24N2O3. The van der Waals surface area contributed by atoms with Crippen LogP contribution < -0.4 is 5.32 Å². The predicted octanol–water partition coefficient (Wildman–Crippen LogP) is 1.77. The first kappa shape index (κ1) is 14.8. The highest BCUT2D eigenvalue weighted by Gasteiger charge is 2.38. The summed E-state index contributed by atoms with van der Waals surface area (Å²) >= 11 is 0. The molecule has 1 aliphatic rings. The van der Waals surface area contributed by atoms with Gasteiger partial charge in [-0.25, -0.2) is 4.79 Å². The van der Waals surface area contributed by atoms with Crippen LogP contribution in [-0.4, -0.2) is 41.6 Å². The van der Waals surface area contributed by atoms with E-state index in [0.717, 1.165) is 6.42 Å². The van der Waals surface area contributed by atoms with Gasteiger partial charge in [0.05, 0.1) is 0 Å². The van der Waals surface area contributed by atoms with Gasteiger partial charge in [0.2, 0.25) is 5.91 Å². The van der Waals surface area contributed by atoms with Gasteiger partial charge < -0.3 is 10.1 Å². The minimum atomic E-state index is -0.537. The quantitative estimate of drug-likeness (QED) is 0.819. The normalized spacial score (nSPS) is 22.4. The lowest BCUT2D eigenvalue weighted by molar-refractivity contribution is -0.130. The summed E-state index contributed by atoms with van der Waals surface area (Å²) in [6, 6.07) is -0.418. The molecule has 104 valence electrons. The van der Waals surface area contributed by atoms with Crippen molar-refractivity contribution in [1.29, 1.82) is 0 Å². The third kappa shape index (κ3) is 3.62. The Hall–Kier alpha value is -1.26. The third-order valence-electron chi connectivity index (χ3n) is 3.07. The highest BCUT2D eigenvalue weighted by molar-refractivity contribution is 5.87. The number of ether oxygens (including phenoxy) is 1. The van der Waals surface area contributed by atoms with Crippen molar-refractivity contribution in [2.75, 3.05) is 13.1 Å². The molecular weight excluding hydrogens is 232 g/mol. The van der Waals surface area contributed by atoms with Crippen LogP contribution in [0.2, 0.25) is 0 Å². The summed E-state index contributed by atoms with van der Waals surface area (Å²) < 4.78 is 5.36. The van der Waals surface area contributed by atoms with Gasteiger partial charge in [0.25, 0.3) is 0 Å². The van der Waals surface area contributed by atoms with Crippen LogP contribution in [0.5, 0.6) is 0 Å². The van der Waals surface area contributed by atoms with Gasteiger partial charge in [-0.3, -0.25) is 9.69 Å². The SMILES string of the molecule is CCC(C)[C@H]1C(=O)NCCN1C(=O)OC(C)(C)C. The Morgan fingerprint density at radius 3 is 2.67 bits per heavy atom. The molecule has 1 rings (SSSR count). The van der Waals surface area contributed by atoms with Crippen molar-refractivity contribution in [2.24, 2.45) is 5.92 Å². The van der Waals surface area contributed by atoms with E-state index in [1.54, 1.807) is 4.90 Å². The monoisotopic (exact) mass is 256 g/mol. The van der Waals surface area contributed by atoms with Crippen LogP contribution in [0.15, 0.2) is 0 Å². The largest absolute Gasteiger partial charge is 0.444 e. The first-order valence-corrected chi connectivity index (χ1v) is 6.53. The smallest absolute Gasteiger partial charge is 0.411 e. The average molecular weight is 256 g/mol. The van der Waals surface area contributed by atoms with Crippen LogP contribution in [0.4, 0.5) is 4.79 Å². The molecule has 0 aromatic heterocycles. The minimum absolute atomic E-state index is 0.0820. The molecule has 1 saturated heterocycles. The molecule has 0 spiro atoms. The topological polar surface area (TPSA) is 58.6 Å². The van der Waals surface area contributed by atoms with Crippen molar-refractivity contribution >= 4 is 12.0 Å². The van der Waals surface area contributed by atoms with Crippen LogP contribution in [-0.2, 0) is 9.53 Å². The van der Waals surface area contributed by atoms with Crippen molar-refractivity contribution < 1.29 is 14.3 Å². The van der Waals surface area contributed by atoms with E-state index in [0.29, 0.717) is 13.1 Å². The van der Waals surface area contributed by atoms with E-state index in [1.165, 1.54) is 0 Å². The maximum atomic E-state index is 12.1. The van der Waals surface area contributed by atoms with Crippen LogP contribution in [0.3, 0.4) is 0 Å². The molecule has 1 heterocycles. The van der Waals surface area contributed by atoms with Crippen LogP contribution >= 0.6 is 0 Å². The van der Waals surface area contributed by atoms with Crippen molar-refractivity contribution in [3.05, 3.63) is 0 Å². The molecule has 0 aromatic rings. The van der Waals surface area contributed by atoms with Crippen molar-refractivity contribution in [3.63, 3.8) is 0 Å². The second-order valence-electron chi connectivity index (χ2n) is 5.80. The average Bonchev–Trinajstić information content (AvgIpc) is 2.25. The zero-order valence-electron chi connectivity index (χ0n) is 11.9. The molecule has 0 bridgehead atoms. The Bertz CT molecular complexity index is 323. The van der Waals surface area contributed by atoms with Crippen LogP contribution in [0.1, 0.15) is 41.0 Å². The molecule has 5 heteroatoms. The Labute approximate surface area is 109 Å². The van der Waals surface area contributed by atoms with E-state index in [9.17, 15) is 9.59 Å². The van der Waals surface area contributed by atoms with Gasteiger partial charge >= 0.3 is 6.09 Å². The zero-order chi connectivity index (χ0) is 13.9. The van der Waals surface area contributed by atoms with Crippen molar-refractivity contribution in [2.45, 2.75) is 52.7 Å². The van der Waals surface area contributed by atoms with Gasteiger partial charge in [0.1, 0.15) is 11.6 Å². The van der Waals surface area contributed by atoms with E-state index in [1.807, 2.05) is 34.6 Å². The summed E-state index contributed by atoms with van der Waals surface area (Å²) in [6.07, 6.45) is 0.444. The molecule has 1 N–H and O–H groups in total. The number of nitrogens with zero attached hydrogens (tertiary/aromatic N) is 1.